The van der Waals surface area contributed by atoms with Gasteiger partial charge in [-0.3, -0.25) is 9.59 Å². The van der Waals surface area contributed by atoms with E-state index in [-0.39, 0.29) is 37.1 Å². The van der Waals surface area contributed by atoms with Crippen LogP contribution < -0.4 is 5.32 Å². The first kappa shape index (κ1) is 18.6. The molecule has 3 rings (SSSR count). The molecule has 2 aromatic carbocycles. The van der Waals surface area contributed by atoms with Crippen LogP contribution in [0.25, 0.3) is 11.0 Å². The van der Waals surface area contributed by atoms with Crippen molar-refractivity contribution >= 4 is 22.8 Å². The normalized spacial score (nSPS) is 10.7. The number of aromatic nitrogens is 1. The highest BCUT2D eigenvalue weighted by Crippen LogP contribution is 2.18. The fourth-order valence-electron chi connectivity index (χ4n) is 2.73. The minimum Gasteiger partial charge on any atom is -0.356 e. The number of halogens is 1. The van der Waals surface area contributed by atoms with Crippen molar-refractivity contribution < 1.29 is 18.5 Å². The van der Waals surface area contributed by atoms with Crippen LogP contribution in [0.15, 0.2) is 53.1 Å². The summed E-state index contributed by atoms with van der Waals surface area (Å²) in [5.74, 6) is -0.804. The smallest absolute Gasteiger partial charge is 0.239 e. The Labute approximate surface area is 155 Å². The molecule has 1 heterocycles. The summed E-state index contributed by atoms with van der Waals surface area (Å²) in [5, 5.41) is 7.49. The van der Waals surface area contributed by atoms with Gasteiger partial charge in [-0.15, -0.1) is 0 Å². The molecular weight excluding hydrogens is 349 g/mol. The summed E-state index contributed by atoms with van der Waals surface area (Å²) < 4.78 is 18.1. The molecule has 1 aromatic heterocycles. The minimum atomic E-state index is -0.326. The van der Waals surface area contributed by atoms with Gasteiger partial charge in [0.25, 0.3) is 0 Å². The van der Waals surface area contributed by atoms with Crippen LogP contribution in [0, 0.1) is 5.82 Å². The molecule has 0 radical (unpaired) electrons. The zero-order valence-corrected chi connectivity index (χ0v) is 14.9. The molecule has 0 fully saturated rings. The molecule has 0 bridgehead atoms. The summed E-state index contributed by atoms with van der Waals surface area (Å²) in [4.78, 5) is 26.2. The number of carbonyl (C=O) groups excluding carboxylic acids is 2. The first-order chi connectivity index (χ1) is 13.1. The lowest BCUT2D eigenvalue weighted by atomic mass is 10.1. The Morgan fingerprint density at radius 3 is 2.63 bits per heavy atom. The van der Waals surface area contributed by atoms with Crippen LogP contribution in [-0.2, 0) is 22.6 Å². The summed E-state index contributed by atoms with van der Waals surface area (Å²) in [6, 6.07) is 13.2. The first-order valence-corrected chi connectivity index (χ1v) is 8.69. The van der Waals surface area contributed by atoms with Gasteiger partial charge >= 0.3 is 0 Å². The SMILES string of the molecule is CCN(CC(=O)NCc1ccc(F)cc1)C(=O)Cc1noc2ccccc12. The number of amides is 2. The highest BCUT2D eigenvalue weighted by molar-refractivity contribution is 5.89. The lowest BCUT2D eigenvalue weighted by Crippen LogP contribution is -2.41. The molecule has 0 atom stereocenters. The predicted octanol–water partition coefficient (Wildman–Crippen LogP) is 2.67. The van der Waals surface area contributed by atoms with E-state index in [0.717, 1.165) is 10.9 Å². The van der Waals surface area contributed by atoms with Crippen LogP contribution in [0.1, 0.15) is 18.2 Å². The number of nitrogens with zero attached hydrogens (tertiary/aromatic N) is 2. The van der Waals surface area contributed by atoms with Crippen molar-refractivity contribution in [3.8, 4) is 0 Å². The van der Waals surface area contributed by atoms with Crippen LogP contribution in [0.3, 0.4) is 0 Å². The molecular formula is C20H20FN3O3. The average molecular weight is 369 g/mol. The number of hydrogen-bond acceptors (Lipinski definition) is 4. The molecule has 0 spiro atoms. The van der Waals surface area contributed by atoms with Gasteiger partial charge in [0.2, 0.25) is 11.8 Å². The topological polar surface area (TPSA) is 75.4 Å². The zero-order chi connectivity index (χ0) is 19.2. The second-order valence-corrected chi connectivity index (χ2v) is 6.11. The van der Waals surface area contributed by atoms with Crippen LogP contribution in [0.4, 0.5) is 4.39 Å². The summed E-state index contributed by atoms with van der Waals surface area (Å²) >= 11 is 0. The highest BCUT2D eigenvalue weighted by atomic mass is 19.1. The molecule has 0 aliphatic carbocycles. The standard InChI is InChI=1S/C20H20FN3O3/c1-2-24(13-19(25)22-12-14-7-9-15(21)10-8-14)20(26)11-17-16-5-3-4-6-18(16)27-23-17/h3-10H,2,11-13H2,1H3,(H,22,25). The molecule has 1 N–H and O–H groups in total. The van der Waals surface area contributed by atoms with Gasteiger partial charge in [-0.1, -0.05) is 29.4 Å². The molecule has 2 amide bonds. The van der Waals surface area contributed by atoms with Crippen LogP contribution in [0.2, 0.25) is 0 Å². The maximum absolute atomic E-state index is 12.9. The quantitative estimate of drug-likeness (QED) is 0.695. The molecule has 0 aliphatic rings. The van der Waals surface area contributed by atoms with Crippen LogP contribution in [-0.4, -0.2) is 35.0 Å². The third kappa shape index (κ3) is 4.69. The number of para-hydroxylation sites is 1. The second-order valence-electron chi connectivity index (χ2n) is 6.11. The molecule has 6 nitrogen and oxygen atoms in total. The summed E-state index contributed by atoms with van der Waals surface area (Å²) in [6.07, 6.45) is 0.0656. The predicted molar refractivity (Wildman–Crippen MR) is 98.2 cm³/mol. The van der Waals surface area contributed by atoms with E-state index in [1.165, 1.54) is 17.0 Å². The van der Waals surface area contributed by atoms with E-state index in [1.54, 1.807) is 18.2 Å². The van der Waals surface area contributed by atoms with E-state index in [9.17, 15) is 14.0 Å². The van der Waals surface area contributed by atoms with Crippen molar-refractivity contribution in [2.75, 3.05) is 13.1 Å². The van der Waals surface area contributed by atoms with E-state index in [2.05, 4.69) is 10.5 Å². The fraction of sp³-hybridized carbons (Fsp3) is 0.250. The van der Waals surface area contributed by atoms with Gasteiger partial charge in [0, 0.05) is 18.5 Å². The van der Waals surface area contributed by atoms with Gasteiger partial charge in [-0.05, 0) is 36.8 Å². The van der Waals surface area contributed by atoms with Crippen LogP contribution in [0.5, 0.6) is 0 Å². The lowest BCUT2D eigenvalue weighted by Gasteiger charge is -2.20. The Morgan fingerprint density at radius 1 is 1.15 bits per heavy atom. The number of benzene rings is 2. The molecule has 0 saturated carbocycles. The van der Waals surface area contributed by atoms with Crippen molar-refractivity contribution in [3.63, 3.8) is 0 Å². The van der Waals surface area contributed by atoms with Gasteiger partial charge in [0.15, 0.2) is 5.58 Å². The van der Waals surface area contributed by atoms with Gasteiger partial charge < -0.3 is 14.7 Å². The first-order valence-electron chi connectivity index (χ1n) is 8.69. The van der Waals surface area contributed by atoms with Gasteiger partial charge in [-0.25, -0.2) is 4.39 Å². The Morgan fingerprint density at radius 2 is 1.89 bits per heavy atom. The zero-order valence-electron chi connectivity index (χ0n) is 14.9. The lowest BCUT2D eigenvalue weighted by molar-refractivity contribution is -0.135. The Kier molecular flexibility index (Phi) is 5.80. The second kappa shape index (κ2) is 8.44. The van der Waals surface area contributed by atoms with Crippen molar-refractivity contribution in [2.24, 2.45) is 0 Å². The number of fused-ring (bicyclic) bond motifs is 1. The summed E-state index contributed by atoms with van der Waals surface area (Å²) in [5.41, 5.74) is 1.97. The number of carbonyl (C=O) groups is 2. The molecule has 27 heavy (non-hydrogen) atoms. The van der Waals surface area contributed by atoms with E-state index < -0.39 is 0 Å². The Bertz CT molecular complexity index is 937. The molecule has 140 valence electrons. The van der Waals surface area contributed by atoms with Gasteiger partial charge in [-0.2, -0.15) is 0 Å². The maximum Gasteiger partial charge on any atom is 0.239 e. The third-order valence-corrected chi connectivity index (χ3v) is 4.24. The summed E-state index contributed by atoms with van der Waals surface area (Å²) in [7, 11) is 0. The minimum absolute atomic E-state index is 0.0493. The summed E-state index contributed by atoms with van der Waals surface area (Å²) in [6.45, 7) is 2.44. The van der Waals surface area contributed by atoms with Crippen molar-refractivity contribution in [2.45, 2.75) is 19.9 Å². The number of likely N-dealkylation sites (N-methyl/N-ethyl adjacent to an activating group) is 1. The van der Waals surface area contributed by atoms with E-state index >= 15 is 0 Å². The fourth-order valence-corrected chi connectivity index (χ4v) is 2.73. The van der Waals surface area contributed by atoms with E-state index in [4.69, 9.17) is 4.52 Å². The maximum atomic E-state index is 12.9. The third-order valence-electron chi connectivity index (χ3n) is 4.24. The van der Waals surface area contributed by atoms with Gasteiger partial charge in [0.1, 0.15) is 11.5 Å². The number of rotatable bonds is 7. The van der Waals surface area contributed by atoms with E-state index in [0.29, 0.717) is 17.8 Å². The van der Waals surface area contributed by atoms with Crippen molar-refractivity contribution in [1.82, 2.24) is 15.4 Å². The molecule has 7 heteroatoms. The number of hydrogen-bond donors (Lipinski definition) is 1. The highest BCUT2D eigenvalue weighted by Gasteiger charge is 2.19. The largest absolute Gasteiger partial charge is 0.356 e. The van der Waals surface area contributed by atoms with Crippen molar-refractivity contribution in [1.29, 1.82) is 0 Å². The van der Waals surface area contributed by atoms with E-state index in [1.807, 2.05) is 25.1 Å². The Hall–Kier alpha value is -3.22. The number of nitrogens with one attached hydrogen (secondary N) is 1. The molecule has 3 aromatic rings. The molecule has 0 aliphatic heterocycles. The average Bonchev–Trinajstić information content (AvgIpc) is 3.08. The van der Waals surface area contributed by atoms with Gasteiger partial charge in [0.05, 0.1) is 13.0 Å². The molecule has 0 unspecified atom stereocenters. The van der Waals surface area contributed by atoms with Crippen LogP contribution >= 0.6 is 0 Å². The molecule has 0 saturated heterocycles. The monoisotopic (exact) mass is 369 g/mol. The van der Waals surface area contributed by atoms with Crippen molar-refractivity contribution in [3.05, 3.63) is 65.6 Å². The Balaban J connectivity index is 1.56.